The van der Waals surface area contributed by atoms with Gasteiger partial charge in [0.2, 0.25) is 0 Å². The molecule has 0 aliphatic carbocycles. The van der Waals surface area contributed by atoms with Gasteiger partial charge in [-0.25, -0.2) is 0 Å². The maximum absolute atomic E-state index is 5.96. The van der Waals surface area contributed by atoms with Crippen molar-refractivity contribution in [3.8, 4) is 5.75 Å². The summed E-state index contributed by atoms with van der Waals surface area (Å²) in [5, 5.41) is 2.05. The first-order chi connectivity index (χ1) is 9.22. The van der Waals surface area contributed by atoms with Gasteiger partial charge in [-0.2, -0.15) is 0 Å². The second kappa shape index (κ2) is 7.08. The van der Waals surface area contributed by atoms with Crippen molar-refractivity contribution in [2.45, 2.75) is 25.9 Å². The number of halogens is 1. The minimum Gasteiger partial charge on any atom is -0.484 e. The van der Waals surface area contributed by atoms with Crippen LogP contribution in [0.2, 0.25) is 0 Å². The molecular formula is C15H18BrNOS. The second-order valence-corrected chi connectivity index (χ2v) is 6.26. The van der Waals surface area contributed by atoms with Crippen LogP contribution in [0, 0.1) is 0 Å². The molecule has 0 saturated carbocycles. The molecule has 1 unspecified atom stereocenters. The van der Waals surface area contributed by atoms with E-state index in [1.807, 2.05) is 17.5 Å². The molecule has 2 nitrogen and oxygen atoms in total. The third kappa shape index (κ3) is 4.06. The van der Waals surface area contributed by atoms with Crippen LogP contribution < -0.4 is 10.5 Å². The molecule has 0 radical (unpaired) electrons. The summed E-state index contributed by atoms with van der Waals surface area (Å²) in [7, 11) is 0. The molecule has 0 spiro atoms. The number of benzene rings is 1. The van der Waals surface area contributed by atoms with Crippen LogP contribution in [0.25, 0.3) is 0 Å². The summed E-state index contributed by atoms with van der Waals surface area (Å²) in [5.41, 5.74) is 7.15. The number of rotatable bonds is 6. The number of thiophene rings is 1. The second-order valence-electron chi connectivity index (χ2n) is 4.40. The first kappa shape index (κ1) is 14.6. The van der Waals surface area contributed by atoms with Gasteiger partial charge in [0.25, 0.3) is 0 Å². The van der Waals surface area contributed by atoms with E-state index in [0.29, 0.717) is 6.54 Å². The average molecular weight is 340 g/mol. The van der Waals surface area contributed by atoms with Crippen molar-refractivity contribution in [1.82, 2.24) is 0 Å². The fraction of sp³-hybridized carbons (Fsp3) is 0.333. The summed E-state index contributed by atoms with van der Waals surface area (Å²) in [4.78, 5) is 1.15. The molecule has 2 aromatic rings. The molecule has 0 aliphatic rings. The summed E-state index contributed by atoms with van der Waals surface area (Å²) >= 11 is 5.12. The highest BCUT2D eigenvalue weighted by Crippen LogP contribution is 2.29. The van der Waals surface area contributed by atoms with Gasteiger partial charge in [-0.1, -0.05) is 25.5 Å². The van der Waals surface area contributed by atoms with Crippen LogP contribution in [0.1, 0.15) is 29.9 Å². The van der Waals surface area contributed by atoms with Crippen LogP contribution in [0.3, 0.4) is 0 Å². The number of hydrogen-bond acceptors (Lipinski definition) is 3. The van der Waals surface area contributed by atoms with E-state index in [-0.39, 0.29) is 6.10 Å². The molecule has 1 aromatic carbocycles. The number of aryl methyl sites for hydroxylation is 1. The Morgan fingerprint density at radius 1 is 1.32 bits per heavy atom. The Morgan fingerprint density at radius 3 is 2.58 bits per heavy atom. The minimum atomic E-state index is -0.0756. The van der Waals surface area contributed by atoms with E-state index < -0.39 is 0 Å². The zero-order valence-electron chi connectivity index (χ0n) is 10.9. The Bertz CT molecular complexity index is 509. The van der Waals surface area contributed by atoms with E-state index in [1.54, 1.807) is 11.3 Å². The Morgan fingerprint density at radius 2 is 2.05 bits per heavy atom. The number of ether oxygens (including phenoxy) is 1. The van der Waals surface area contributed by atoms with Crippen LogP contribution in [0.15, 0.2) is 40.2 Å². The van der Waals surface area contributed by atoms with Crippen molar-refractivity contribution < 1.29 is 4.74 Å². The van der Waals surface area contributed by atoms with Crippen LogP contribution in [0.5, 0.6) is 5.75 Å². The maximum atomic E-state index is 5.96. The maximum Gasteiger partial charge on any atom is 0.145 e. The fourth-order valence-corrected chi connectivity index (χ4v) is 3.39. The van der Waals surface area contributed by atoms with Crippen molar-refractivity contribution in [1.29, 1.82) is 0 Å². The molecule has 1 atom stereocenters. The topological polar surface area (TPSA) is 35.2 Å². The molecule has 0 saturated heterocycles. The van der Waals surface area contributed by atoms with Crippen LogP contribution in [0.4, 0.5) is 0 Å². The Hall–Kier alpha value is -0.840. The molecule has 1 aromatic heterocycles. The summed E-state index contributed by atoms with van der Waals surface area (Å²) in [6.07, 6.45) is 2.20. The highest BCUT2D eigenvalue weighted by atomic mass is 79.9. The van der Waals surface area contributed by atoms with Gasteiger partial charge in [-0.05, 0) is 46.1 Å². The van der Waals surface area contributed by atoms with Gasteiger partial charge in [0, 0.05) is 21.3 Å². The molecule has 4 heteroatoms. The molecule has 0 aliphatic heterocycles. The highest BCUT2D eigenvalue weighted by molar-refractivity contribution is 9.10. The van der Waals surface area contributed by atoms with Gasteiger partial charge in [0.15, 0.2) is 0 Å². The zero-order valence-corrected chi connectivity index (χ0v) is 13.3. The lowest BCUT2D eigenvalue weighted by Crippen LogP contribution is -2.17. The third-order valence-electron chi connectivity index (χ3n) is 2.86. The molecule has 2 rings (SSSR count). The van der Waals surface area contributed by atoms with Crippen LogP contribution in [-0.2, 0) is 6.42 Å². The molecular weight excluding hydrogens is 322 g/mol. The molecule has 0 fully saturated rings. The normalized spacial score (nSPS) is 12.4. The molecule has 102 valence electrons. The largest absolute Gasteiger partial charge is 0.484 e. The number of nitrogens with two attached hydrogens (primary N) is 1. The van der Waals surface area contributed by atoms with Gasteiger partial charge in [0.05, 0.1) is 0 Å². The van der Waals surface area contributed by atoms with Crippen LogP contribution >= 0.6 is 27.3 Å². The first-order valence-corrected chi connectivity index (χ1v) is 8.09. The van der Waals surface area contributed by atoms with Gasteiger partial charge in [0.1, 0.15) is 11.9 Å². The summed E-state index contributed by atoms with van der Waals surface area (Å²) in [5.74, 6) is 0.875. The summed E-state index contributed by atoms with van der Waals surface area (Å²) < 4.78 is 7.04. The van der Waals surface area contributed by atoms with Gasteiger partial charge in [-0.3, -0.25) is 0 Å². The molecule has 19 heavy (non-hydrogen) atoms. The first-order valence-electron chi connectivity index (χ1n) is 6.42. The SMILES string of the molecule is CCCc1ccc(OC(CN)c2cc(Br)cs2)cc1. The monoisotopic (exact) mass is 339 g/mol. The number of hydrogen-bond donors (Lipinski definition) is 1. The Labute approximate surface area is 126 Å². The van der Waals surface area contributed by atoms with E-state index in [9.17, 15) is 0 Å². The Kier molecular flexibility index (Phi) is 5.43. The van der Waals surface area contributed by atoms with Crippen molar-refractivity contribution in [3.05, 3.63) is 50.6 Å². The zero-order chi connectivity index (χ0) is 13.7. The molecule has 0 amide bonds. The predicted octanol–water partition coefficient (Wildman–Crippen LogP) is 4.54. The van der Waals surface area contributed by atoms with Gasteiger partial charge in [-0.15, -0.1) is 11.3 Å². The minimum absolute atomic E-state index is 0.0756. The van der Waals surface area contributed by atoms with Crippen molar-refractivity contribution in [2.75, 3.05) is 6.54 Å². The summed E-state index contributed by atoms with van der Waals surface area (Å²) in [6, 6.07) is 10.4. The molecule has 0 bridgehead atoms. The van der Waals surface area contributed by atoms with Crippen molar-refractivity contribution in [2.24, 2.45) is 5.73 Å². The average Bonchev–Trinajstić information content (AvgIpc) is 2.85. The molecule has 1 heterocycles. The van der Waals surface area contributed by atoms with Crippen molar-refractivity contribution >= 4 is 27.3 Å². The van der Waals surface area contributed by atoms with E-state index in [4.69, 9.17) is 10.5 Å². The van der Waals surface area contributed by atoms with E-state index in [2.05, 4.69) is 41.1 Å². The van der Waals surface area contributed by atoms with Crippen LogP contribution in [-0.4, -0.2) is 6.54 Å². The fourth-order valence-electron chi connectivity index (χ4n) is 1.91. The van der Waals surface area contributed by atoms with E-state index >= 15 is 0 Å². The van der Waals surface area contributed by atoms with E-state index in [0.717, 1.165) is 27.9 Å². The van der Waals surface area contributed by atoms with Crippen molar-refractivity contribution in [3.63, 3.8) is 0 Å². The smallest absolute Gasteiger partial charge is 0.145 e. The third-order valence-corrected chi connectivity index (χ3v) is 4.65. The Balaban J connectivity index is 2.05. The quantitative estimate of drug-likeness (QED) is 0.838. The lowest BCUT2D eigenvalue weighted by Gasteiger charge is -2.16. The van der Waals surface area contributed by atoms with E-state index in [1.165, 1.54) is 5.56 Å². The summed E-state index contributed by atoms with van der Waals surface area (Å²) in [6.45, 7) is 2.66. The molecule has 2 N–H and O–H groups in total. The van der Waals surface area contributed by atoms with Gasteiger partial charge < -0.3 is 10.5 Å². The lowest BCUT2D eigenvalue weighted by atomic mass is 10.1. The lowest BCUT2D eigenvalue weighted by molar-refractivity contribution is 0.218. The standard InChI is InChI=1S/C15H18BrNOS/c1-2-3-11-4-6-13(7-5-11)18-14(9-17)15-8-12(16)10-19-15/h4-8,10,14H,2-3,9,17H2,1H3. The predicted molar refractivity (Wildman–Crippen MR) is 84.9 cm³/mol. The van der Waals surface area contributed by atoms with Gasteiger partial charge >= 0.3 is 0 Å². The highest BCUT2D eigenvalue weighted by Gasteiger charge is 2.13.